The van der Waals surface area contributed by atoms with Crippen LogP contribution in [0, 0.1) is 6.92 Å². The zero-order chi connectivity index (χ0) is 8.72. The number of hydrogen-bond donors (Lipinski definition) is 0. The SMILES string of the molecule is Cc1scc2nc(Cl)nc(Cl)c12. The first kappa shape index (κ1) is 8.23. The molecule has 0 spiro atoms. The summed E-state index contributed by atoms with van der Waals surface area (Å²) < 4.78 is 0. The molecule has 0 fully saturated rings. The Morgan fingerprint density at radius 2 is 2.08 bits per heavy atom. The molecule has 0 aliphatic heterocycles. The van der Waals surface area contributed by atoms with Gasteiger partial charge in [0.2, 0.25) is 5.28 Å². The Balaban J connectivity index is 2.93. The molecule has 2 rings (SSSR count). The van der Waals surface area contributed by atoms with Crippen LogP contribution in [-0.4, -0.2) is 9.97 Å². The van der Waals surface area contributed by atoms with Crippen molar-refractivity contribution in [3.05, 3.63) is 20.7 Å². The van der Waals surface area contributed by atoms with Gasteiger partial charge in [0.15, 0.2) is 0 Å². The maximum absolute atomic E-state index is 5.88. The molecule has 0 N–H and O–H groups in total. The predicted molar refractivity (Wildman–Crippen MR) is 52.2 cm³/mol. The van der Waals surface area contributed by atoms with Gasteiger partial charge >= 0.3 is 0 Å². The third-order valence-electron chi connectivity index (χ3n) is 1.56. The van der Waals surface area contributed by atoms with Crippen LogP contribution < -0.4 is 0 Å². The van der Waals surface area contributed by atoms with Crippen molar-refractivity contribution in [3.8, 4) is 0 Å². The molecule has 0 saturated heterocycles. The molecular formula is C7H4Cl2N2S. The highest BCUT2D eigenvalue weighted by molar-refractivity contribution is 7.11. The topological polar surface area (TPSA) is 25.8 Å². The third-order valence-corrected chi connectivity index (χ3v) is 2.91. The van der Waals surface area contributed by atoms with E-state index >= 15 is 0 Å². The Hall–Kier alpha value is -0.380. The summed E-state index contributed by atoms with van der Waals surface area (Å²) in [6.07, 6.45) is 0. The van der Waals surface area contributed by atoms with Crippen LogP contribution in [0.15, 0.2) is 5.38 Å². The quantitative estimate of drug-likeness (QED) is 0.501. The van der Waals surface area contributed by atoms with Gasteiger partial charge in [0.05, 0.1) is 10.9 Å². The fraction of sp³-hybridized carbons (Fsp3) is 0.143. The van der Waals surface area contributed by atoms with E-state index in [2.05, 4.69) is 9.97 Å². The van der Waals surface area contributed by atoms with Gasteiger partial charge in [0.1, 0.15) is 5.15 Å². The van der Waals surface area contributed by atoms with E-state index in [9.17, 15) is 0 Å². The van der Waals surface area contributed by atoms with Crippen LogP contribution >= 0.6 is 34.5 Å². The molecule has 0 unspecified atom stereocenters. The summed E-state index contributed by atoms with van der Waals surface area (Å²) in [5.41, 5.74) is 0.822. The zero-order valence-electron chi connectivity index (χ0n) is 6.14. The van der Waals surface area contributed by atoms with E-state index in [1.165, 1.54) is 0 Å². The van der Waals surface area contributed by atoms with Gasteiger partial charge in [-0.15, -0.1) is 11.3 Å². The van der Waals surface area contributed by atoms with E-state index in [-0.39, 0.29) is 5.28 Å². The summed E-state index contributed by atoms with van der Waals surface area (Å²) in [5.74, 6) is 0. The normalized spacial score (nSPS) is 10.9. The Labute approximate surface area is 83.2 Å². The van der Waals surface area contributed by atoms with E-state index in [4.69, 9.17) is 23.2 Å². The lowest BCUT2D eigenvalue weighted by atomic mass is 10.3. The van der Waals surface area contributed by atoms with Crippen molar-refractivity contribution < 1.29 is 0 Å². The van der Waals surface area contributed by atoms with Gasteiger partial charge < -0.3 is 0 Å². The first-order valence-electron chi connectivity index (χ1n) is 3.25. The van der Waals surface area contributed by atoms with E-state index in [0.29, 0.717) is 5.15 Å². The number of rotatable bonds is 0. The standard InChI is InChI=1S/C7H4Cl2N2S/c1-3-5-4(2-12-3)10-7(9)11-6(5)8/h2H,1H3. The van der Waals surface area contributed by atoms with Crippen LogP contribution in [0.25, 0.3) is 10.9 Å². The van der Waals surface area contributed by atoms with Crippen molar-refractivity contribution in [2.45, 2.75) is 6.92 Å². The molecule has 12 heavy (non-hydrogen) atoms. The van der Waals surface area contributed by atoms with E-state index < -0.39 is 0 Å². The fourth-order valence-electron chi connectivity index (χ4n) is 1.04. The summed E-state index contributed by atoms with van der Waals surface area (Å²) in [7, 11) is 0. The molecular weight excluding hydrogens is 215 g/mol. The molecule has 2 heterocycles. The lowest BCUT2D eigenvalue weighted by molar-refractivity contribution is 1.22. The van der Waals surface area contributed by atoms with Crippen LogP contribution in [0.1, 0.15) is 4.88 Å². The minimum Gasteiger partial charge on any atom is -0.217 e. The Kier molecular flexibility index (Phi) is 1.94. The monoisotopic (exact) mass is 218 g/mol. The minimum absolute atomic E-state index is 0.199. The molecule has 2 aromatic rings. The van der Waals surface area contributed by atoms with Crippen LogP contribution in [-0.2, 0) is 0 Å². The first-order valence-corrected chi connectivity index (χ1v) is 4.89. The summed E-state index contributed by atoms with van der Waals surface area (Å²) in [4.78, 5) is 9.02. The number of aryl methyl sites for hydroxylation is 1. The Bertz CT molecular complexity index is 438. The third kappa shape index (κ3) is 1.18. The molecule has 0 amide bonds. The van der Waals surface area contributed by atoms with Gasteiger partial charge in [0, 0.05) is 10.3 Å². The number of fused-ring (bicyclic) bond motifs is 1. The van der Waals surface area contributed by atoms with Gasteiger partial charge in [-0.25, -0.2) is 9.97 Å². The average molecular weight is 219 g/mol. The molecule has 2 nitrogen and oxygen atoms in total. The highest BCUT2D eigenvalue weighted by Crippen LogP contribution is 2.29. The number of hydrogen-bond acceptors (Lipinski definition) is 3. The molecule has 0 atom stereocenters. The number of nitrogens with zero attached hydrogens (tertiary/aromatic N) is 2. The second-order valence-corrected chi connectivity index (χ2v) is 4.12. The van der Waals surface area contributed by atoms with Crippen LogP contribution in [0.2, 0.25) is 10.4 Å². The number of thiophene rings is 1. The van der Waals surface area contributed by atoms with Crippen LogP contribution in [0.5, 0.6) is 0 Å². The molecule has 62 valence electrons. The van der Waals surface area contributed by atoms with Crippen molar-refractivity contribution in [1.82, 2.24) is 9.97 Å². The summed E-state index contributed by atoms with van der Waals surface area (Å²) in [5, 5.41) is 3.46. The highest BCUT2D eigenvalue weighted by atomic mass is 35.5. The van der Waals surface area contributed by atoms with E-state index in [1.807, 2.05) is 12.3 Å². The molecule has 0 saturated carbocycles. The zero-order valence-corrected chi connectivity index (χ0v) is 8.46. The summed E-state index contributed by atoms with van der Waals surface area (Å²) in [6.45, 7) is 1.98. The second kappa shape index (κ2) is 2.83. The number of aromatic nitrogens is 2. The van der Waals surface area contributed by atoms with Gasteiger partial charge in [0.25, 0.3) is 0 Å². The van der Waals surface area contributed by atoms with Gasteiger partial charge in [-0.2, -0.15) is 0 Å². The molecule has 5 heteroatoms. The minimum atomic E-state index is 0.199. The lowest BCUT2D eigenvalue weighted by Crippen LogP contribution is -1.83. The van der Waals surface area contributed by atoms with Crippen LogP contribution in [0.4, 0.5) is 0 Å². The van der Waals surface area contributed by atoms with Gasteiger partial charge in [-0.1, -0.05) is 11.6 Å². The molecule has 0 aliphatic rings. The predicted octanol–water partition coefficient (Wildman–Crippen LogP) is 3.31. The largest absolute Gasteiger partial charge is 0.224 e. The average Bonchev–Trinajstić information content (AvgIpc) is 2.31. The van der Waals surface area contributed by atoms with Crippen molar-refractivity contribution >= 4 is 45.4 Å². The van der Waals surface area contributed by atoms with Gasteiger partial charge in [-0.05, 0) is 18.5 Å². The van der Waals surface area contributed by atoms with Crippen molar-refractivity contribution in [1.29, 1.82) is 0 Å². The molecule has 0 radical (unpaired) electrons. The number of halogens is 2. The molecule has 0 aliphatic carbocycles. The summed E-state index contributed by atoms with van der Waals surface area (Å²) in [6, 6.07) is 0. The molecule has 2 aromatic heterocycles. The maximum atomic E-state index is 5.88. The lowest BCUT2D eigenvalue weighted by Gasteiger charge is -1.94. The molecule has 0 bridgehead atoms. The Morgan fingerprint density at radius 3 is 2.83 bits per heavy atom. The first-order chi connectivity index (χ1) is 5.68. The highest BCUT2D eigenvalue weighted by Gasteiger charge is 2.08. The van der Waals surface area contributed by atoms with Crippen LogP contribution in [0.3, 0.4) is 0 Å². The second-order valence-electron chi connectivity index (χ2n) is 2.34. The van der Waals surface area contributed by atoms with E-state index in [1.54, 1.807) is 11.3 Å². The van der Waals surface area contributed by atoms with Crippen molar-refractivity contribution in [2.75, 3.05) is 0 Å². The smallest absolute Gasteiger partial charge is 0.217 e. The fourth-order valence-corrected chi connectivity index (χ4v) is 2.41. The van der Waals surface area contributed by atoms with E-state index in [0.717, 1.165) is 15.8 Å². The summed E-state index contributed by atoms with van der Waals surface area (Å²) >= 11 is 13.1. The van der Waals surface area contributed by atoms with Crippen molar-refractivity contribution in [3.63, 3.8) is 0 Å². The van der Waals surface area contributed by atoms with Gasteiger partial charge in [-0.3, -0.25) is 0 Å². The maximum Gasteiger partial charge on any atom is 0.224 e. The van der Waals surface area contributed by atoms with Crippen molar-refractivity contribution in [2.24, 2.45) is 0 Å². The Morgan fingerprint density at radius 1 is 1.33 bits per heavy atom. The molecule has 0 aromatic carbocycles.